The van der Waals surface area contributed by atoms with Crippen molar-refractivity contribution in [2.45, 2.75) is 13.0 Å². The van der Waals surface area contributed by atoms with E-state index in [1.165, 1.54) is 0 Å². The Morgan fingerprint density at radius 3 is 3.00 bits per heavy atom. The molecule has 0 aliphatic rings. The largest absolute Gasteiger partial charge is 0.381 e. The minimum Gasteiger partial charge on any atom is -0.381 e. The van der Waals surface area contributed by atoms with Crippen molar-refractivity contribution in [3.63, 3.8) is 0 Å². The molecule has 15 heavy (non-hydrogen) atoms. The van der Waals surface area contributed by atoms with Gasteiger partial charge in [-0.05, 0) is 34.5 Å². The molecule has 1 amide bonds. The highest BCUT2D eigenvalue weighted by molar-refractivity contribution is 9.10. The van der Waals surface area contributed by atoms with E-state index in [2.05, 4.69) is 26.2 Å². The number of carbonyl (C=O) groups excluding carboxylic acids is 1. The van der Waals surface area contributed by atoms with Crippen LogP contribution in [0.2, 0.25) is 0 Å². The fourth-order valence-electron chi connectivity index (χ4n) is 0.938. The van der Waals surface area contributed by atoms with E-state index in [1.54, 1.807) is 12.3 Å². The van der Waals surface area contributed by atoms with Gasteiger partial charge < -0.3 is 16.2 Å². The molecule has 0 aliphatic heterocycles. The van der Waals surface area contributed by atoms with Crippen LogP contribution in [0.5, 0.6) is 0 Å². The molecule has 1 heterocycles. The number of nitrogens with one attached hydrogen (secondary N) is 1. The number of hydrogen-bond acceptors (Lipinski definition) is 4. The maximum Gasteiger partial charge on any atom is 0.248 e. The van der Waals surface area contributed by atoms with Gasteiger partial charge in [0.15, 0.2) is 0 Å². The number of carbonyl (C=O) groups is 1. The predicted molar refractivity (Wildman–Crippen MR) is 60.4 cm³/mol. The highest BCUT2D eigenvalue weighted by atomic mass is 79.9. The normalized spacial score (nSPS) is 12.2. The average molecular weight is 274 g/mol. The lowest BCUT2D eigenvalue weighted by Crippen LogP contribution is -2.34. The molecular weight excluding hydrogens is 262 g/mol. The first-order valence-corrected chi connectivity index (χ1v) is 5.13. The number of nitrogens with zero attached hydrogens (tertiary/aromatic N) is 1. The fraction of sp³-hybridized carbons (Fsp3) is 0.333. The maximum absolute atomic E-state index is 10.5. The Morgan fingerprint density at radius 1 is 1.80 bits per heavy atom. The standard InChI is InChI=1S/C9H12BrN3O2/c1-5-2-8(12-3-6(5)10)13-4-7(14)9(11)15/h2-3,7,14H,4H2,1H3,(H2,11,15)(H,12,13). The van der Waals surface area contributed by atoms with Crippen molar-refractivity contribution in [3.8, 4) is 0 Å². The molecule has 1 aromatic heterocycles. The van der Waals surface area contributed by atoms with Crippen molar-refractivity contribution in [1.82, 2.24) is 4.98 Å². The van der Waals surface area contributed by atoms with E-state index in [4.69, 9.17) is 10.8 Å². The third-order valence-electron chi connectivity index (χ3n) is 1.85. The number of aromatic nitrogens is 1. The van der Waals surface area contributed by atoms with Crippen LogP contribution in [0.4, 0.5) is 5.82 Å². The van der Waals surface area contributed by atoms with Gasteiger partial charge in [-0.25, -0.2) is 4.98 Å². The second kappa shape index (κ2) is 5.09. The molecule has 1 unspecified atom stereocenters. The topological polar surface area (TPSA) is 88.2 Å². The van der Waals surface area contributed by atoms with E-state index >= 15 is 0 Å². The summed E-state index contributed by atoms with van der Waals surface area (Å²) in [5.41, 5.74) is 5.91. The number of rotatable bonds is 4. The first-order chi connectivity index (χ1) is 7.00. The number of anilines is 1. The average Bonchev–Trinajstić information content (AvgIpc) is 2.19. The summed E-state index contributed by atoms with van der Waals surface area (Å²) < 4.78 is 0.906. The third-order valence-corrected chi connectivity index (χ3v) is 2.68. The molecule has 82 valence electrons. The molecule has 1 aromatic rings. The molecule has 0 fully saturated rings. The van der Waals surface area contributed by atoms with Crippen LogP contribution in [0.3, 0.4) is 0 Å². The summed E-state index contributed by atoms with van der Waals surface area (Å²) in [6, 6.07) is 1.80. The highest BCUT2D eigenvalue weighted by Crippen LogP contribution is 2.16. The maximum atomic E-state index is 10.5. The van der Waals surface area contributed by atoms with Gasteiger partial charge in [0.25, 0.3) is 0 Å². The van der Waals surface area contributed by atoms with Crippen LogP contribution < -0.4 is 11.1 Å². The molecule has 0 saturated heterocycles. The lowest BCUT2D eigenvalue weighted by Gasteiger charge is -2.09. The van der Waals surface area contributed by atoms with Crippen LogP contribution in [-0.4, -0.2) is 28.6 Å². The van der Waals surface area contributed by atoms with Crippen LogP contribution in [0.1, 0.15) is 5.56 Å². The van der Waals surface area contributed by atoms with E-state index < -0.39 is 12.0 Å². The third kappa shape index (κ3) is 3.49. The van der Waals surface area contributed by atoms with Gasteiger partial charge in [0.1, 0.15) is 11.9 Å². The van der Waals surface area contributed by atoms with Crippen molar-refractivity contribution in [2.24, 2.45) is 5.73 Å². The van der Waals surface area contributed by atoms with E-state index in [9.17, 15) is 4.79 Å². The Bertz CT molecular complexity index is 370. The number of aryl methyl sites for hydroxylation is 1. The number of hydrogen-bond donors (Lipinski definition) is 3. The van der Waals surface area contributed by atoms with Gasteiger partial charge in [0, 0.05) is 10.7 Å². The van der Waals surface area contributed by atoms with Crippen molar-refractivity contribution in [3.05, 3.63) is 22.3 Å². The molecule has 1 atom stereocenters. The molecule has 0 bridgehead atoms. The summed E-state index contributed by atoms with van der Waals surface area (Å²) in [7, 11) is 0. The van der Waals surface area contributed by atoms with E-state index in [-0.39, 0.29) is 6.54 Å². The van der Waals surface area contributed by atoms with Crippen molar-refractivity contribution in [2.75, 3.05) is 11.9 Å². The molecule has 4 N–H and O–H groups in total. The summed E-state index contributed by atoms with van der Waals surface area (Å²) in [6.45, 7) is 1.98. The van der Waals surface area contributed by atoms with Crippen LogP contribution >= 0.6 is 15.9 Å². The summed E-state index contributed by atoms with van der Waals surface area (Å²) in [4.78, 5) is 14.6. The van der Waals surface area contributed by atoms with Gasteiger partial charge >= 0.3 is 0 Å². The van der Waals surface area contributed by atoms with Crippen molar-refractivity contribution in [1.29, 1.82) is 0 Å². The molecular formula is C9H12BrN3O2. The summed E-state index contributed by atoms with van der Waals surface area (Å²) in [5, 5.41) is 11.9. The number of halogens is 1. The first-order valence-electron chi connectivity index (χ1n) is 4.34. The quantitative estimate of drug-likeness (QED) is 0.742. The van der Waals surface area contributed by atoms with Crippen molar-refractivity contribution < 1.29 is 9.90 Å². The SMILES string of the molecule is Cc1cc(NCC(O)C(N)=O)ncc1Br. The molecule has 5 nitrogen and oxygen atoms in total. The molecule has 0 spiro atoms. The Hall–Kier alpha value is -1.14. The fourth-order valence-corrected chi connectivity index (χ4v) is 1.15. The number of nitrogens with two attached hydrogens (primary N) is 1. The van der Waals surface area contributed by atoms with Gasteiger partial charge in [-0.1, -0.05) is 0 Å². The number of pyridine rings is 1. The number of aliphatic hydroxyl groups is 1. The molecule has 0 aliphatic carbocycles. The Labute approximate surface area is 95.8 Å². The summed E-state index contributed by atoms with van der Waals surface area (Å²) in [5.74, 6) is -0.160. The van der Waals surface area contributed by atoms with E-state index in [0.717, 1.165) is 10.0 Å². The monoisotopic (exact) mass is 273 g/mol. The molecule has 6 heteroatoms. The van der Waals surface area contributed by atoms with Crippen LogP contribution in [0.15, 0.2) is 16.7 Å². The second-order valence-corrected chi connectivity index (χ2v) is 3.97. The second-order valence-electron chi connectivity index (χ2n) is 3.12. The van der Waals surface area contributed by atoms with Gasteiger partial charge in [-0.15, -0.1) is 0 Å². The zero-order valence-corrected chi connectivity index (χ0v) is 9.78. The molecule has 0 aromatic carbocycles. The van der Waals surface area contributed by atoms with Crippen LogP contribution in [0, 0.1) is 6.92 Å². The number of primary amides is 1. The van der Waals surface area contributed by atoms with E-state index in [1.807, 2.05) is 6.92 Å². The minimum absolute atomic E-state index is 0.0589. The number of aliphatic hydroxyl groups excluding tert-OH is 1. The zero-order chi connectivity index (χ0) is 11.4. The Balaban J connectivity index is 2.58. The highest BCUT2D eigenvalue weighted by Gasteiger charge is 2.10. The Kier molecular flexibility index (Phi) is 4.05. The smallest absolute Gasteiger partial charge is 0.248 e. The van der Waals surface area contributed by atoms with Gasteiger partial charge in [-0.2, -0.15) is 0 Å². The minimum atomic E-state index is -1.20. The lowest BCUT2D eigenvalue weighted by atomic mass is 10.3. The zero-order valence-electron chi connectivity index (χ0n) is 8.20. The molecule has 0 radical (unpaired) electrons. The molecule has 0 saturated carbocycles. The van der Waals surface area contributed by atoms with Gasteiger partial charge in [0.05, 0.1) is 6.54 Å². The Morgan fingerprint density at radius 2 is 2.47 bits per heavy atom. The summed E-state index contributed by atoms with van der Waals surface area (Å²) in [6.07, 6.45) is 0.449. The predicted octanol–water partition coefficient (Wildman–Crippen LogP) is 0.411. The number of amides is 1. The molecule has 1 rings (SSSR count). The first kappa shape index (κ1) is 11.9. The lowest BCUT2D eigenvalue weighted by molar-refractivity contribution is -0.125. The van der Waals surface area contributed by atoms with Crippen LogP contribution in [0.25, 0.3) is 0 Å². The van der Waals surface area contributed by atoms with Gasteiger partial charge in [0.2, 0.25) is 5.91 Å². The summed E-state index contributed by atoms with van der Waals surface area (Å²) >= 11 is 3.32. The van der Waals surface area contributed by atoms with Gasteiger partial charge in [-0.3, -0.25) is 4.79 Å². The van der Waals surface area contributed by atoms with E-state index in [0.29, 0.717) is 5.82 Å². The van der Waals surface area contributed by atoms with Crippen LogP contribution in [-0.2, 0) is 4.79 Å². The van der Waals surface area contributed by atoms with Crippen molar-refractivity contribution >= 4 is 27.7 Å².